The van der Waals surface area contributed by atoms with Crippen molar-refractivity contribution in [2.45, 2.75) is 25.8 Å². The van der Waals surface area contributed by atoms with Gasteiger partial charge in [0, 0.05) is 36.6 Å². The third-order valence-electron chi connectivity index (χ3n) is 4.04. The second-order valence-electron chi connectivity index (χ2n) is 5.97. The zero-order valence-corrected chi connectivity index (χ0v) is 14.4. The normalized spacial score (nSPS) is 17.4. The molecule has 2 heterocycles. The van der Waals surface area contributed by atoms with Crippen LogP contribution in [0.5, 0.6) is 0 Å². The van der Waals surface area contributed by atoms with Gasteiger partial charge in [-0.05, 0) is 42.0 Å². The lowest BCUT2D eigenvalue weighted by atomic mass is 10.1. The molecule has 6 heteroatoms. The Bertz CT molecular complexity index is 715. The number of carbonyl (C=O) groups excluding carboxylic acids is 2. The minimum Gasteiger partial charge on any atom is -0.352 e. The zero-order chi connectivity index (χ0) is 16.9. The first-order valence-electron chi connectivity index (χ1n) is 8.09. The van der Waals surface area contributed by atoms with Crippen LogP contribution in [-0.2, 0) is 4.79 Å². The van der Waals surface area contributed by atoms with E-state index in [1.165, 1.54) is 11.8 Å². The minimum absolute atomic E-state index is 0.0412. The largest absolute Gasteiger partial charge is 0.352 e. The van der Waals surface area contributed by atoms with Gasteiger partial charge in [-0.1, -0.05) is 18.2 Å². The average molecular weight is 343 g/mol. The van der Waals surface area contributed by atoms with Gasteiger partial charge < -0.3 is 15.5 Å². The van der Waals surface area contributed by atoms with Crippen molar-refractivity contribution in [1.29, 1.82) is 0 Å². The van der Waals surface area contributed by atoms with Crippen LogP contribution in [0.1, 0.15) is 19.8 Å². The second kappa shape index (κ2) is 7.49. The predicted molar refractivity (Wildman–Crippen MR) is 97.2 cm³/mol. The number of anilines is 1. The number of rotatable bonds is 3. The van der Waals surface area contributed by atoms with Crippen LogP contribution >= 0.6 is 11.3 Å². The molecule has 1 saturated heterocycles. The molecule has 1 aromatic carbocycles. The van der Waals surface area contributed by atoms with Gasteiger partial charge in [-0.2, -0.15) is 0 Å². The molecule has 0 spiro atoms. The van der Waals surface area contributed by atoms with Crippen LogP contribution in [0.2, 0.25) is 0 Å². The van der Waals surface area contributed by atoms with Gasteiger partial charge in [-0.25, -0.2) is 4.79 Å². The van der Waals surface area contributed by atoms with Gasteiger partial charge >= 0.3 is 6.03 Å². The van der Waals surface area contributed by atoms with E-state index in [-0.39, 0.29) is 18.0 Å². The summed E-state index contributed by atoms with van der Waals surface area (Å²) in [5.74, 6) is -0.0501. The van der Waals surface area contributed by atoms with E-state index in [1.807, 2.05) is 35.7 Å². The van der Waals surface area contributed by atoms with Gasteiger partial charge in [-0.15, -0.1) is 11.3 Å². The van der Waals surface area contributed by atoms with E-state index >= 15 is 0 Å². The molecule has 0 radical (unpaired) electrons. The van der Waals surface area contributed by atoms with Gasteiger partial charge in [0.15, 0.2) is 0 Å². The van der Waals surface area contributed by atoms with Crippen molar-refractivity contribution in [3.8, 4) is 10.4 Å². The Morgan fingerprint density at radius 2 is 2.12 bits per heavy atom. The van der Waals surface area contributed by atoms with Crippen molar-refractivity contribution >= 4 is 29.0 Å². The number of nitrogens with one attached hydrogen (secondary N) is 2. The molecule has 2 aromatic rings. The SMILES string of the molecule is CC(=O)NC1CCCN(C(=O)Nc2cccc(-c3cccs3)c2)C1. The maximum Gasteiger partial charge on any atom is 0.321 e. The highest BCUT2D eigenvalue weighted by Gasteiger charge is 2.24. The molecule has 2 N–H and O–H groups in total. The third-order valence-corrected chi connectivity index (χ3v) is 4.95. The van der Waals surface area contributed by atoms with Gasteiger partial charge in [0.1, 0.15) is 0 Å². The van der Waals surface area contributed by atoms with Crippen molar-refractivity contribution < 1.29 is 9.59 Å². The number of carbonyl (C=O) groups is 2. The first-order chi connectivity index (χ1) is 11.6. The summed E-state index contributed by atoms with van der Waals surface area (Å²) < 4.78 is 0. The second-order valence-corrected chi connectivity index (χ2v) is 6.92. The van der Waals surface area contributed by atoms with Crippen molar-refractivity contribution in [3.63, 3.8) is 0 Å². The molecule has 126 valence electrons. The van der Waals surface area contributed by atoms with E-state index in [0.717, 1.165) is 24.1 Å². The molecule has 3 rings (SSSR count). The van der Waals surface area contributed by atoms with E-state index < -0.39 is 0 Å². The first-order valence-corrected chi connectivity index (χ1v) is 8.97. The number of urea groups is 1. The molecule has 1 fully saturated rings. The highest BCUT2D eigenvalue weighted by molar-refractivity contribution is 7.13. The standard InChI is InChI=1S/C18H21N3O2S/c1-13(22)19-16-7-3-9-21(12-16)18(23)20-15-6-2-5-14(11-15)17-8-4-10-24-17/h2,4-6,8,10-11,16H,3,7,9,12H2,1H3,(H,19,22)(H,20,23). The number of hydrogen-bond donors (Lipinski definition) is 2. The number of nitrogens with zero attached hydrogens (tertiary/aromatic N) is 1. The van der Waals surface area contributed by atoms with Gasteiger partial charge in [0.05, 0.1) is 0 Å². The van der Waals surface area contributed by atoms with Crippen LogP contribution in [0, 0.1) is 0 Å². The van der Waals surface area contributed by atoms with Crippen molar-refractivity contribution in [1.82, 2.24) is 10.2 Å². The molecule has 24 heavy (non-hydrogen) atoms. The minimum atomic E-state index is -0.117. The summed E-state index contributed by atoms with van der Waals surface area (Å²) in [5, 5.41) is 7.90. The molecule has 1 atom stereocenters. The Labute approximate surface area is 145 Å². The Kier molecular flexibility index (Phi) is 5.15. The Balaban J connectivity index is 1.64. The lowest BCUT2D eigenvalue weighted by Crippen LogP contribution is -2.50. The number of benzene rings is 1. The van der Waals surface area contributed by atoms with Crippen LogP contribution in [0.3, 0.4) is 0 Å². The summed E-state index contributed by atoms with van der Waals surface area (Å²) in [5.41, 5.74) is 1.88. The average Bonchev–Trinajstić information content (AvgIpc) is 3.09. The van der Waals surface area contributed by atoms with Crippen LogP contribution < -0.4 is 10.6 Å². The lowest BCUT2D eigenvalue weighted by molar-refractivity contribution is -0.119. The smallest absolute Gasteiger partial charge is 0.321 e. The van der Waals surface area contributed by atoms with E-state index in [2.05, 4.69) is 16.7 Å². The Morgan fingerprint density at radius 3 is 2.88 bits per heavy atom. The van der Waals surface area contributed by atoms with E-state index in [4.69, 9.17) is 0 Å². The van der Waals surface area contributed by atoms with Gasteiger partial charge in [-0.3, -0.25) is 4.79 Å². The fraction of sp³-hybridized carbons (Fsp3) is 0.333. The van der Waals surface area contributed by atoms with Crippen molar-refractivity contribution in [3.05, 3.63) is 41.8 Å². The summed E-state index contributed by atoms with van der Waals surface area (Å²) in [6, 6.07) is 11.9. The Hall–Kier alpha value is -2.34. The molecule has 1 aliphatic heterocycles. The maximum atomic E-state index is 12.5. The van der Waals surface area contributed by atoms with Gasteiger partial charge in [0.2, 0.25) is 5.91 Å². The molecule has 1 aromatic heterocycles. The fourth-order valence-electron chi connectivity index (χ4n) is 2.96. The summed E-state index contributed by atoms with van der Waals surface area (Å²) in [7, 11) is 0. The molecular formula is C18H21N3O2S. The van der Waals surface area contributed by atoms with Crippen molar-refractivity contribution in [2.75, 3.05) is 18.4 Å². The van der Waals surface area contributed by atoms with Crippen LogP contribution in [-0.4, -0.2) is 36.0 Å². The molecule has 0 bridgehead atoms. The number of thiophene rings is 1. The molecule has 1 unspecified atom stereocenters. The van der Waals surface area contributed by atoms with Gasteiger partial charge in [0.25, 0.3) is 0 Å². The van der Waals surface area contributed by atoms with Crippen LogP contribution in [0.4, 0.5) is 10.5 Å². The fourth-order valence-corrected chi connectivity index (χ4v) is 3.69. The molecular weight excluding hydrogens is 322 g/mol. The zero-order valence-electron chi connectivity index (χ0n) is 13.6. The van der Waals surface area contributed by atoms with E-state index in [0.29, 0.717) is 13.1 Å². The Morgan fingerprint density at radius 1 is 1.25 bits per heavy atom. The van der Waals surface area contributed by atoms with Crippen LogP contribution in [0.15, 0.2) is 41.8 Å². The maximum absolute atomic E-state index is 12.5. The number of likely N-dealkylation sites (tertiary alicyclic amines) is 1. The quantitative estimate of drug-likeness (QED) is 0.895. The first kappa shape index (κ1) is 16.5. The number of hydrogen-bond acceptors (Lipinski definition) is 3. The van der Waals surface area contributed by atoms with E-state index in [9.17, 15) is 9.59 Å². The van der Waals surface area contributed by atoms with Crippen molar-refractivity contribution in [2.24, 2.45) is 0 Å². The highest BCUT2D eigenvalue weighted by atomic mass is 32.1. The molecule has 0 saturated carbocycles. The lowest BCUT2D eigenvalue weighted by Gasteiger charge is -2.33. The molecule has 1 aliphatic rings. The topological polar surface area (TPSA) is 61.4 Å². The molecule has 3 amide bonds. The molecule has 0 aliphatic carbocycles. The summed E-state index contributed by atoms with van der Waals surface area (Å²) >= 11 is 1.67. The highest BCUT2D eigenvalue weighted by Crippen LogP contribution is 2.27. The summed E-state index contributed by atoms with van der Waals surface area (Å²) in [6.07, 6.45) is 1.81. The van der Waals surface area contributed by atoms with E-state index in [1.54, 1.807) is 16.2 Å². The predicted octanol–water partition coefficient (Wildman–Crippen LogP) is 3.55. The summed E-state index contributed by atoms with van der Waals surface area (Å²) in [4.78, 5) is 26.6. The van der Waals surface area contributed by atoms with Crippen LogP contribution in [0.25, 0.3) is 10.4 Å². The summed E-state index contributed by atoms with van der Waals surface area (Å²) in [6.45, 7) is 2.78. The third kappa shape index (κ3) is 4.14. The molecule has 5 nitrogen and oxygen atoms in total. The number of amides is 3. The monoisotopic (exact) mass is 343 g/mol. The number of piperidine rings is 1.